The SMILES string of the molecule is COc1nc(C)c(NS(=O)(=O)c2ccc(F)c(Cl)c2)c(C)n1. The van der Waals surface area contributed by atoms with Crippen LogP contribution in [0, 0.1) is 19.7 Å². The molecular formula is C13H13ClFN3O3S. The van der Waals surface area contributed by atoms with Crippen LogP contribution in [0.3, 0.4) is 0 Å². The van der Waals surface area contributed by atoms with Gasteiger partial charge in [-0.3, -0.25) is 4.72 Å². The summed E-state index contributed by atoms with van der Waals surface area (Å²) in [5, 5.41) is -0.276. The third kappa shape index (κ3) is 3.28. The topological polar surface area (TPSA) is 81.2 Å². The first kappa shape index (κ1) is 16.4. The molecule has 6 nitrogen and oxygen atoms in total. The van der Waals surface area contributed by atoms with Crippen LogP contribution < -0.4 is 9.46 Å². The van der Waals surface area contributed by atoms with Gasteiger partial charge in [0.1, 0.15) is 5.82 Å². The van der Waals surface area contributed by atoms with Crippen molar-refractivity contribution < 1.29 is 17.5 Å². The Hall–Kier alpha value is -1.93. The summed E-state index contributed by atoms with van der Waals surface area (Å²) >= 11 is 5.62. The molecule has 0 spiro atoms. The number of hydrogen-bond donors (Lipinski definition) is 1. The smallest absolute Gasteiger partial charge is 0.316 e. The number of sulfonamides is 1. The molecule has 0 unspecified atom stereocenters. The van der Waals surface area contributed by atoms with Crippen molar-refractivity contribution in [1.82, 2.24) is 9.97 Å². The third-order valence-electron chi connectivity index (χ3n) is 2.87. The summed E-state index contributed by atoms with van der Waals surface area (Å²) < 4.78 is 45.1. The summed E-state index contributed by atoms with van der Waals surface area (Å²) in [6.45, 7) is 3.24. The highest BCUT2D eigenvalue weighted by Gasteiger charge is 2.19. The highest BCUT2D eigenvalue weighted by atomic mass is 35.5. The van der Waals surface area contributed by atoms with E-state index in [0.29, 0.717) is 11.4 Å². The molecule has 1 aromatic carbocycles. The number of methoxy groups -OCH3 is 1. The van der Waals surface area contributed by atoms with E-state index in [9.17, 15) is 12.8 Å². The molecule has 1 heterocycles. The molecule has 1 aromatic heterocycles. The van der Waals surface area contributed by atoms with E-state index in [1.807, 2.05) is 0 Å². The van der Waals surface area contributed by atoms with Gasteiger partial charge in [-0.2, -0.15) is 9.97 Å². The fourth-order valence-corrected chi connectivity index (χ4v) is 3.21. The van der Waals surface area contributed by atoms with Crippen molar-refractivity contribution in [3.8, 4) is 6.01 Å². The molecule has 9 heteroatoms. The highest BCUT2D eigenvalue weighted by molar-refractivity contribution is 7.92. The molecule has 0 aliphatic rings. The number of hydrogen-bond acceptors (Lipinski definition) is 5. The Labute approximate surface area is 132 Å². The second-order valence-electron chi connectivity index (χ2n) is 4.44. The molecule has 0 saturated heterocycles. The molecule has 0 atom stereocenters. The van der Waals surface area contributed by atoms with Crippen LogP contribution in [-0.2, 0) is 10.0 Å². The van der Waals surface area contributed by atoms with Crippen LogP contribution in [0.5, 0.6) is 6.01 Å². The van der Waals surface area contributed by atoms with E-state index in [-0.39, 0.29) is 21.6 Å². The van der Waals surface area contributed by atoms with Crippen LogP contribution >= 0.6 is 11.6 Å². The zero-order chi connectivity index (χ0) is 16.5. The minimum atomic E-state index is -3.94. The Morgan fingerprint density at radius 2 is 1.82 bits per heavy atom. The van der Waals surface area contributed by atoms with E-state index in [1.54, 1.807) is 13.8 Å². The maximum absolute atomic E-state index is 13.1. The molecule has 2 aromatic rings. The van der Waals surface area contributed by atoms with E-state index >= 15 is 0 Å². The minimum absolute atomic E-state index is 0.141. The maximum atomic E-state index is 13.1. The molecule has 118 valence electrons. The normalized spacial score (nSPS) is 11.3. The number of ether oxygens (including phenoxy) is 1. The van der Waals surface area contributed by atoms with Gasteiger partial charge in [0.05, 0.1) is 34.1 Å². The van der Waals surface area contributed by atoms with Gasteiger partial charge in [-0.05, 0) is 32.0 Å². The standard InChI is InChI=1S/C13H13ClFN3O3S/c1-7-12(8(2)17-13(16-7)21-3)18-22(19,20)9-4-5-11(15)10(14)6-9/h4-6,18H,1-3H3. The second kappa shape index (κ2) is 6.05. The second-order valence-corrected chi connectivity index (χ2v) is 6.53. The number of aromatic nitrogens is 2. The molecule has 0 bridgehead atoms. The lowest BCUT2D eigenvalue weighted by molar-refractivity contribution is 0.378. The van der Waals surface area contributed by atoms with Crippen molar-refractivity contribution in [2.45, 2.75) is 18.7 Å². The van der Waals surface area contributed by atoms with Crippen molar-refractivity contribution in [3.63, 3.8) is 0 Å². The fraction of sp³-hybridized carbons (Fsp3) is 0.231. The van der Waals surface area contributed by atoms with Crippen molar-refractivity contribution in [3.05, 3.63) is 40.4 Å². The molecule has 0 radical (unpaired) electrons. The van der Waals surface area contributed by atoms with E-state index in [4.69, 9.17) is 16.3 Å². The lowest BCUT2D eigenvalue weighted by Gasteiger charge is -2.13. The van der Waals surface area contributed by atoms with Gasteiger partial charge >= 0.3 is 6.01 Å². The number of halogens is 2. The Balaban J connectivity index is 2.43. The van der Waals surface area contributed by atoms with E-state index in [0.717, 1.165) is 18.2 Å². The van der Waals surface area contributed by atoms with Crippen LogP contribution in [0.4, 0.5) is 10.1 Å². The van der Waals surface area contributed by atoms with Crippen molar-refractivity contribution in [2.75, 3.05) is 11.8 Å². The number of aryl methyl sites for hydroxylation is 2. The van der Waals surface area contributed by atoms with E-state index in [2.05, 4.69) is 14.7 Å². The van der Waals surface area contributed by atoms with Gasteiger partial charge < -0.3 is 4.74 Å². The number of nitrogens with one attached hydrogen (secondary N) is 1. The average Bonchev–Trinajstić information content (AvgIpc) is 2.45. The van der Waals surface area contributed by atoms with Gasteiger partial charge in [-0.1, -0.05) is 11.6 Å². The lowest BCUT2D eigenvalue weighted by atomic mass is 10.3. The fourth-order valence-electron chi connectivity index (χ4n) is 1.76. The van der Waals surface area contributed by atoms with Crippen LogP contribution in [-0.4, -0.2) is 25.5 Å². The summed E-state index contributed by atoms with van der Waals surface area (Å²) in [5.74, 6) is -0.694. The summed E-state index contributed by atoms with van der Waals surface area (Å²) in [6, 6.07) is 3.29. The zero-order valence-corrected chi connectivity index (χ0v) is 13.6. The summed E-state index contributed by atoms with van der Waals surface area (Å²) in [7, 11) is -2.52. The first-order valence-electron chi connectivity index (χ1n) is 6.11. The van der Waals surface area contributed by atoms with Crippen LogP contribution in [0.25, 0.3) is 0 Å². The first-order valence-corrected chi connectivity index (χ1v) is 7.98. The van der Waals surface area contributed by atoms with Crippen LogP contribution in [0.15, 0.2) is 23.1 Å². The number of benzene rings is 1. The number of anilines is 1. The third-order valence-corrected chi connectivity index (χ3v) is 4.51. The Morgan fingerprint density at radius 3 is 2.32 bits per heavy atom. The van der Waals surface area contributed by atoms with Crippen LogP contribution in [0.2, 0.25) is 5.02 Å². The molecule has 0 aliphatic carbocycles. The molecule has 0 saturated carbocycles. The molecular weight excluding hydrogens is 333 g/mol. The van der Waals surface area contributed by atoms with Crippen molar-refractivity contribution >= 4 is 27.3 Å². The Bertz CT molecular complexity index is 804. The van der Waals surface area contributed by atoms with Crippen molar-refractivity contribution in [2.24, 2.45) is 0 Å². The van der Waals surface area contributed by atoms with E-state index in [1.165, 1.54) is 7.11 Å². The molecule has 0 aliphatic heterocycles. The summed E-state index contributed by atoms with van der Waals surface area (Å²) in [6.07, 6.45) is 0. The van der Waals surface area contributed by atoms with Crippen molar-refractivity contribution in [1.29, 1.82) is 0 Å². The van der Waals surface area contributed by atoms with Gasteiger partial charge in [0.15, 0.2) is 0 Å². The zero-order valence-electron chi connectivity index (χ0n) is 12.0. The maximum Gasteiger partial charge on any atom is 0.316 e. The van der Waals surface area contributed by atoms with Crippen LogP contribution in [0.1, 0.15) is 11.4 Å². The molecule has 1 N–H and O–H groups in total. The van der Waals surface area contributed by atoms with E-state index < -0.39 is 15.8 Å². The average molecular weight is 346 g/mol. The van der Waals surface area contributed by atoms with Gasteiger partial charge in [-0.15, -0.1) is 0 Å². The molecule has 2 rings (SSSR count). The predicted octanol–water partition coefficient (Wildman–Crippen LogP) is 2.70. The monoisotopic (exact) mass is 345 g/mol. The van der Waals surface area contributed by atoms with Gasteiger partial charge in [0.2, 0.25) is 0 Å². The highest BCUT2D eigenvalue weighted by Crippen LogP contribution is 2.25. The predicted molar refractivity (Wildman–Crippen MR) is 80.3 cm³/mol. The number of rotatable bonds is 4. The lowest BCUT2D eigenvalue weighted by Crippen LogP contribution is -2.16. The Kier molecular flexibility index (Phi) is 4.52. The van der Waals surface area contributed by atoms with Gasteiger partial charge in [-0.25, -0.2) is 12.8 Å². The summed E-state index contributed by atoms with van der Waals surface area (Å²) in [5.41, 5.74) is 1.04. The molecule has 22 heavy (non-hydrogen) atoms. The Morgan fingerprint density at radius 1 is 1.23 bits per heavy atom. The quantitative estimate of drug-likeness (QED) is 0.921. The largest absolute Gasteiger partial charge is 0.467 e. The minimum Gasteiger partial charge on any atom is -0.467 e. The number of nitrogens with zero attached hydrogens (tertiary/aromatic N) is 2. The van der Waals surface area contributed by atoms with Gasteiger partial charge in [0.25, 0.3) is 10.0 Å². The first-order chi connectivity index (χ1) is 10.2. The summed E-state index contributed by atoms with van der Waals surface area (Å²) in [4.78, 5) is 7.87. The molecule has 0 fully saturated rings. The molecule has 0 amide bonds. The van der Waals surface area contributed by atoms with Gasteiger partial charge in [0, 0.05) is 0 Å².